The van der Waals surface area contributed by atoms with Crippen LogP contribution in [0.25, 0.3) is 16.9 Å². The summed E-state index contributed by atoms with van der Waals surface area (Å²) < 4.78 is 12.5. The average Bonchev–Trinajstić information content (AvgIpc) is 3.23. The van der Waals surface area contributed by atoms with Crippen LogP contribution in [-0.2, 0) is 4.79 Å². The number of amides is 1. The number of benzene rings is 3. The molecule has 4 aromatic rings. The van der Waals surface area contributed by atoms with Gasteiger partial charge in [-0.1, -0.05) is 29.8 Å². The Morgan fingerprint density at radius 2 is 1.65 bits per heavy atom. The summed E-state index contributed by atoms with van der Waals surface area (Å²) in [6, 6.07) is 25.9. The minimum Gasteiger partial charge on any atom is -0.497 e. The molecule has 1 amide bonds. The van der Waals surface area contributed by atoms with Crippen molar-refractivity contribution in [3.8, 4) is 28.4 Å². The Kier molecular flexibility index (Phi) is 6.19. The first-order chi connectivity index (χ1) is 15.1. The highest BCUT2D eigenvalue weighted by molar-refractivity contribution is 6.30. The molecule has 0 unspecified atom stereocenters. The van der Waals surface area contributed by atoms with Gasteiger partial charge < -0.3 is 14.8 Å². The molecule has 0 saturated carbocycles. The van der Waals surface area contributed by atoms with Crippen molar-refractivity contribution in [1.29, 1.82) is 0 Å². The Bertz CT molecular complexity index is 1160. The molecule has 7 heteroatoms. The van der Waals surface area contributed by atoms with Gasteiger partial charge in [0.2, 0.25) is 0 Å². The van der Waals surface area contributed by atoms with Crippen LogP contribution < -0.4 is 14.8 Å². The molecule has 0 bridgehead atoms. The van der Waals surface area contributed by atoms with Gasteiger partial charge >= 0.3 is 0 Å². The molecule has 6 nitrogen and oxygen atoms in total. The van der Waals surface area contributed by atoms with Gasteiger partial charge in [-0.15, -0.1) is 0 Å². The summed E-state index contributed by atoms with van der Waals surface area (Å²) in [4.78, 5) is 12.5. The zero-order chi connectivity index (χ0) is 21.6. The van der Waals surface area contributed by atoms with Crippen molar-refractivity contribution in [3.05, 3.63) is 90.0 Å². The maximum atomic E-state index is 12.5. The first-order valence-corrected chi connectivity index (χ1v) is 9.98. The van der Waals surface area contributed by atoms with Gasteiger partial charge in [0.25, 0.3) is 5.91 Å². The molecule has 0 atom stereocenters. The van der Waals surface area contributed by atoms with E-state index in [-0.39, 0.29) is 12.5 Å². The predicted molar refractivity (Wildman–Crippen MR) is 121 cm³/mol. The van der Waals surface area contributed by atoms with Crippen LogP contribution in [-0.4, -0.2) is 29.4 Å². The number of hydrogen-bond acceptors (Lipinski definition) is 4. The van der Waals surface area contributed by atoms with Crippen molar-refractivity contribution >= 4 is 23.3 Å². The van der Waals surface area contributed by atoms with Crippen molar-refractivity contribution in [1.82, 2.24) is 9.78 Å². The van der Waals surface area contributed by atoms with Crippen LogP contribution >= 0.6 is 11.6 Å². The third-order valence-electron chi connectivity index (χ3n) is 4.55. The molecule has 4 rings (SSSR count). The number of aromatic nitrogens is 2. The van der Waals surface area contributed by atoms with E-state index < -0.39 is 0 Å². The summed E-state index contributed by atoms with van der Waals surface area (Å²) in [5, 5.41) is 8.19. The van der Waals surface area contributed by atoms with E-state index in [1.165, 1.54) is 0 Å². The first kappa shape index (κ1) is 20.5. The second-order valence-corrected chi connectivity index (χ2v) is 7.12. The van der Waals surface area contributed by atoms with Crippen LogP contribution in [0.3, 0.4) is 0 Å². The van der Waals surface area contributed by atoms with E-state index >= 15 is 0 Å². The quantitative estimate of drug-likeness (QED) is 0.434. The lowest BCUT2D eigenvalue weighted by atomic mass is 10.1. The number of nitrogens with zero attached hydrogens (tertiary/aromatic N) is 2. The minimum atomic E-state index is -0.298. The summed E-state index contributed by atoms with van der Waals surface area (Å²) in [5.74, 6) is 1.57. The number of para-hydroxylation sites is 1. The van der Waals surface area contributed by atoms with Gasteiger partial charge in [-0.05, 0) is 60.7 Å². The van der Waals surface area contributed by atoms with Crippen LogP contribution in [0.15, 0.2) is 84.9 Å². The Labute approximate surface area is 185 Å². The van der Waals surface area contributed by atoms with E-state index in [2.05, 4.69) is 5.32 Å². The lowest BCUT2D eigenvalue weighted by Gasteiger charge is -2.10. The van der Waals surface area contributed by atoms with Crippen molar-refractivity contribution in [2.45, 2.75) is 0 Å². The highest BCUT2D eigenvalue weighted by atomic mass is 35.5. The number of carbonyl (C=O) groups is 1. The molecular formula is C24H20ClN3O3. The molecule has 3 aromatic carbocycles. The SMILES string of the molecule is COc1ccc(-c2cc(NC(=O)COc3ccc(Cl)cc3)n(-c3ccccc3)n2)cc1. The molecule has 156 valence electrons. The van der Waals surface area contributed by atoms with E-state index in [0.717, 1.165) is 22.7 Å². The third kappa shape index (κ3) is 5.05. The zero-order valence-corrected chi connectivity index (χ0v) is 17.5. The molecule has 1 N–H and O–H groups in total. The topological polar surface area (TPSA) is 65.4 Å². The number of halogens is 1. The number of nitrogens with one attached hydrogen (secondary N) is 1. The number of methoxy groups -OCH3 is 1. The predicted octanol–water partition coefficient (Wildman–Crippen LogP) is 5.22. The van der Waals surface area contributed by atoms with Gasteiger partial charge in [-0.2, -0.15) is 5.10 Å². The second-order valence-electron chi connectivity index (χ2n) is 6.68. The summed E-state index contributed by atoms with van der Waals surface area (Å²) in [7, 11) is 1.62. The highest BCUT2D eigenvalue weighted by Gasteiger charge is 2.14. The van der Waals surface area contributed by atoms with E-state index in [1.54, 1.807) is 36.1 Å². The smallest absolute Gasteiger partial charge is 0.263 e. The van der Waals surface area contributed by atoms with E-state index in [0.29, 0.717) is 16.6 Å². The molecule has 0 fully saturated rings. The van der Waals surface area contributed by atoms with Crippen LogP contribution in [0, 0.1) is 0 Å². The maximum absolute atomic E-state index is 12.5. The molecule has 1 heterocycles. The Balaban J connectivity index is 1.56. The van der Waals surface area contributed by atoms with E-state index in [4.69, 9.17) is 26.2 Å². The normalized spacial score (nSPS) is 10.5. The molecule has 31 heavy (non-hydrogen) atoms. The van der Waals surface area contributed by atoms with Crippen LogP contribution in [0.2, 0.25) is 5.02 Å². The molecule has 0 saturated heterocycles. The second kappa shape index (κ2) is 9.36. The van der Waals surface area contributed by atoms with Crippen LogP contribution in [0.4, 0.5) is 5.82 Å². The summed E-state index contributed by atoms with van der Waals surface area (Å²) in [5.41, 5.74) is 2.46. The fourth-order valence-electron chi connectivity index (χ4n) is 3.00. The van der Waals surface area contributed by atoms with Crippen molar-refractivity contribution in [3.63, 3.8) is 0 Å². The molecule has 0 radical (unpaired) electrons. The van der Waals surface area contributed by atoms with E-state index in [1.807, 2.05) is 60.7 Å². The zero-order valence-electron chi connectivity index (χ0n) is 16.8. The van der Waals surface area contributed by atoms with Gasteiger partial charge in [0.15, 0.2) is 6.61 Å². The average molecular weight is 434 g/mol. The van der Waals surface area contributed by atoms with Gasteiger partial charge in [-0.3, -0.25) is 4.79 Å². The van der Waals surface area contributed by atoms with E-state index in [9.17, 15) is 4.79 Å². The minimum absolute atomic E-state index is 0.139. The van der Waals surface area contributed by atoms with Crippen LogP contribution in [0.5, 0.6) is 11.5 Å². The molecule has 0 spiro atoms. The Hall–Kier alpha value is -3.77. The van der Waals surface area contributed by atoms with Gasteiger partial charge in [0.1, 0.15) is 17.3 Å². The molecule has 0 aliphatic carbocycles. The fourth-order valence-corrected chi connectivity index (χ4v) is 3.12. The standard InChI is InChI=1S/C24H20ClN3O3/c1-30-20-11-7-17(8-12-20)22-15-23(28(27-22)19-5-3-2-4-6-19)26-24(29)16-31-21-13-9-18(25)10-14-21/h2-15H,16H2,1H3,(H,26,29). The lowest BCUT2D eigenvalue weighted by Crippen LogP contribution is -2.21. The van der Waals surface area contributed by atoms with Crippen molar-refractivity contribution in [2.75, 3.05) is 19.0 Å². The monoisotopic (exact) mass is 433 g/mol. The highest BCUT2D eigenvalue weighted by Crippen LogP contribution is 2.26. The number of rotatable bonds is 7. The largest absolute Gasteiger partial charge is 0.497 e. The third-order valence-corrected chi connectivity index (χ3v) is 4.80. The van der Waals surface area contributed by atoms with Gasteiger partial charge in [0.05, 0.1) is 18.5 Å². The van der Waals surface area contributed by atoms with Gasteiger partial charge in [0, 0.05) is 16.7 Å². The van der Waals surface area contributed by atoms with Crippen molar-refractivity contribution < 1.29 is 14.3 Å². The molecular weight excluding hydrogens is 414 g/mol. The molecule has 0 aliphatic rings. The number of hydrogen-bond donors (Lipinski definition) is 1. The lowest BCUT2D eigenvalue weighted by molar-refractivity contribution is -0.118. The summed E-state index contributed by atoms with van der Waals surface area (Å²) in [6.07, 6.45) is 0. The molecule has 1 aromatic heterocycles. The molecule has 0 aliphatic heterocycles. The number of anilines is 1. The Morgan fingerprint density at radius 3 is 2.32 bits per heavy atom. The van der Waals surface area contributed by atoms with Crippen molar-refractivity contribution in [2.24, 2.45) is 0 Å². The Morgan fingerprint density at radius 1 is 0.968 bits per heavy atom. The fraction of sp³-hybridized carbons (Fsp3) is 0.0833. The van der Waals surface area contributed by atoms with Gasteiger partial charge in [-0.25, -0.2) is 4.68 Å². The number of ether oxygens (including phenoxy) is 2. The maximum Gasteiger partial charge on any atom is 0.263 e. The van der Waals surface area contributed by atoms with Crippen LogP contribution in [0.1, 0.15) is 0 Å². The number of carbonyl (C=O) groups excluding carboxylic acids is 1. The summed E-state index contributed by atoms with van der Waals surface area (Å²) >= 11 is 5.88. The first-order valence-electron chi connectivity index (χ1n) is 9.60. The summed E-state index contributed by atoms with van der Waals surface area (Å²) in [6.45, 7) is -0.139.